The molecule has 0 fully saturated rings. The minimum atomic E-state index is -0.246. The van der Waals surface area contributed by atoms with E-state index in [-0.39, 0.29) is 11.7 Å². The maximum Gasteiger partial charge on any atom is 0.250 e. The molecule has 0 aliphatic heterocycles. The molecule has 0 saturated heterocycles. The van der Waals surface area contributed by atoms with Crippen LogP contribution in [0, 0.1) is 13.8 Å². The molecule has 31 heavy (non-hydrogen) atoms. The largest absolute Gasteiger partial charge is 0.460 e. The number of nitrogens with one attached hydrogen (secondary N) is 1. The summed E-state index contributed by atoms with van der Waals surface area (Å²) in [6, 6.07) is 21.6. The van der Waals surface area contributed by atoms with Gasteiger partial charge in [-0.05, 0) is 38.1 Å². The number of carbonyl (C=O) groups is 1. The first-order valence-corrected chi connectivity index (χ1v) is 10.7. The third-order valence-corrected chi connectivity index (χ3v) is 5.36. The Kier molecular flexibility index (Phi) is 6.28. The van der Waals surface area contributed by atoms with Crippen LogP contribution in [0.5, 0.6) is 0 Å². The number of thioether (sulfide) groups is 1. The van der Waals surface area contributed by atoms with Crippen molar-refractivity contribution in [3.8, 4) is 17.1 Å². The van der Waals surface area contributed by atoms with Crippen molar-refractivity contribution in [3.05, 3.63) is 83.8 Å². The third kappa shape index (κ3) is 5.10. The van der Waals surface area contributed by atoms with Gasteiger partial charge in [-0.15, -0.1) is 10.2 Å². The van der Waals surface area contributed by atoms with Gasteiger partial charge in [0, 0.05) is 11.3 Å². The molecule has 4 rings (SSSR count). The number of furan rings is 1. The fourth-order valence-electron chi connectivity index (χ4n) is 2.92. The zero-order chi connectivity index (χ0) is 21.6. The van der Waals surface area contributed by atoms with E-state index in [1.54, 1.807) is 6.07 Å². The molecule has 1 amide bonds. The van der Waals surface area contributed by atoms with Gasteiger partial charge in [0.1, 0.15) is 11.5 Å². The second-order valence-corrected chi connectivity index (χ2v) is 7.82. The molecule has 0 atom stereocenters. The molecule has 0 aliphatic rings. The van der Waals surface area contributed by atoms with Crippen molar-refractivity contribution in [1.29, 1.82) is 0 Å². The highest BCUT2D eigenvalue weighted by atomic mass is 32.2. The zero-order valence-electron chi connectivity index (χ0n) is 17.1. The van der Waals surface area contributed by atoms with Crippen LogP contribution in [0.15, 0.2) is 81.4 Å². The summed E-state index contributed by atoms with van der Waals surface area (Å²) < 4.78 is 7.34. The van der Waals surface area contributed by atoms with Crippen LogP contribution in [0.1, 0.15) is 17.1 Å². The number of aryl methyl sites for hydroxylation is 2. The number of rotatable bonds is 7. The molecule has 2 aromatic heterocycles. The van der Waals surface area contributed by atoms with Crippen LogP contribution in [-0.2, 0) is 4.79 Å². The van der Waals surface area contributed by atoms with Crippen molar-refractivity contribution < 1.29 is 9.21 Å². The van der Waals surface area contributed by atoms with Gasteiger partial charge in [0.2, 0.25) is 0 Å². The normalized spacial score (nSPS) is 11.2. The van der Waals surface area contributed by atoms with Gasteiger partial charge in [-0.25, -0.2) is 5.43 Å². The summed E-state index contributed by atoms with van der Waals surface area (Å²) in [5.74, 6) is 1.99. The van der Waals surface area contributed by atoms with Gasteiger partial charge < -0.3 is 4.42 Å². The highest BCUT2D eigenvalue weighted by molar-refractivity contribution is 7.99. The lowest BCUT2D eigenvalue weighted by Crippen LogP contribution is -2.19. The van der Waals surface area contributed by atoms with Gasteiger partial charge in [0.25, 0.3) is 5.91 Å². The number of hydrazone groups is 1. The lowest BCUT2D eigenvalue weighted by Gasteiger charge is -2.10. The molecule has 0 spiro atoms. The van der Waals surface area contributed by atoms with Gasteiger partial charge in [-0.2, -0.15) is 5.10 Å². The fraction of sp³-hybridized carbons (Fsp3) is 0.130. The number of aromatic nitrogens is 3. The van der Waals surface area contributed by atoms with Crippen LogP contribution in [0.3, 0.4) is 0 Å². The Bertz CT molecular complexity index is 1200. The van der Waals surface area contributed by atoms with Crippen molar-refractivity contribution in [2.45, 2.75) is 19.0 Å². The summed E-state index contributed by atoms with van der Waals surface area (Å²) >= 11 is 1.30. The van der Waals surface area contributed by atoms with Crippen LogP contribution < -0.4 is 5.43 Å². The molecule has 2 heterocycles. The lowest BCUT2D eigenvalue weighted by molar-refractivity contribution is -0.118. The first-order chi connectivity index (χ1) is 15.1. The Morgan fingerprint density at radius 1 is 1.06 bits per heavy atom. The van der Waals surface area contributed by atoms with Gasteiger partial charge >= 0.3 is 0 Å². The fourth-order valence-corrected chi connectivity index (χ4v) is 3.66. The Labute approximate surface area is 184 Å². The minimum absolute atomic E-state index is 0.146. The van der Waals surface area contributed by atoms with Crippen molar-refractivity contribution in [2.24, 2.45) is 5.10 Å². The van der Waals surface area contributed by atoms with Crippen LogP contribution in [-0.4, -0.2) is 32.6 Å². The van der Waals surface area contributed by atoms with Crippen molar-refractivity contribution in [1.82, 2.24) is 20.2 Å². The maximum atomic E-state index is 12.2. The lowest BCUT2D eigenvalue weighted by atomic mass is 10.1. The van der Waals surface area contributed by atoms with Crippen molar-refractivity contribution in [2.75, 3.05) is 5.75 Å². The summed E-state index contributed by atoms with van der Waals surface area (Å²) in [5, 5.41) is 13.3. The molecular weight excluding hydrogens is 410 g/mol. The smallest absolute Gasteiger partial charge is 0.250 e. The average molecular weight is 432 g/mol. The quantitative estimate of drug-likeness (QED) is 0.267. The van der Waals surface area contributed by atoms with E-state index in [4.69, 9.17) is 4.42 Å². The number of carbonyl (C=O) groups excluding carboxylic acids is 1. The molecule has 0 unspecified atom stereocenters. The standard InChI is InChI=1S/C23H21N5O2S/c1-16-8-11-18(12-9-16)22-26-27-23(28(22)19-6-4-3-5-7-19)31-15-21(29)25-24-14-20-13-10-17(2)30-20/h3-14H,15H2,1-2H3,(H,25,29)/b24-14-. The van der Waals surface area contributed by atoms with E-state index in [1.165, 1.54) is 23.5 Å². The predicted octanol–water partition coefficient (Wildman–Crippen LogP) is 4.39. The third-order valence-electron chi connectivity index (χ3n) is 4.43. The van der Waals surface area contributed by atoms with Gasteiger partial charge in [-0.1, -0.05) is 59.8 Å². The summed E-state index contributed by atoms with van der Waals surface area (Å²) in [5.41, 5.74) is 5.56. The number of nitrogens with zero attached hydrogens (tertiary/aromatic N) is 4. The second kappa shape index (κ2) is 9.44. The topological polar surface area (TPSA) is 85.3 Å². The second-order valence-electron chi connectivity index (χ2n) is 6.87. The van der Waals surface area contributed by atoms with E-state index >= 15 is 0 Å². The molecule has 0 bridgehead atoms. The summed E-state index contributed by atoms with van der Waals surface area (Å²) in [6.07, 6.45) is 1.47. The van der Waals surface area contributed by atoms with E-state index in [0.717, 1.165) is 22.8 Å². The molecule has 7 nitrogen and oxygen atoms in total. The first kappa shape index (κ1) is 20.6. The summed E-state index contributed by atoms with van der Waals surface area (Å²) in [4.78, 5) is 12.2. The molecule has 0 radical (unpaired) electrons. The van der Waals surface area contributed by atoms with Crippen molar-refractivity contribution in [3.63, 3.8) is 0 Å². The highest BCUT2D eigenvalue weighted by Gasteiger charge is 2.17. The Balaban J connectivity index is 1.50. The van der Waals surface area contributed by atoms with E-state index in [9.17, 15) is 4.79 Å². The Morgan fingerprint density at radius 3 is 2.55 bits per heavy atom. The SMILES string of the molecule is Cc1ccc(-c2nnc(SCC(=O)N/N=C\c3ccc(C)o3)n2-c2ccccc2)cc1. The molecule has 8 heteroatoms. The van der Waals surface area contributed by atoms with Crippen LogP contribution >= 0.6 is 11.8 Å². The summed E-state index contributed by atoms with van der Waals surface area (Å²) in [6.45, 7) is 3.89. The van der Waals surface area contributed by atoms with Crippen LogP contribution in [0.2, 0.25) is 0 Å². The Morgan fingerprint density at radius 2 is 1.84 bits per heavy atom. The number of para-hydroxylation sites is 1. The molecule has 1 N–H and O–H groups in total. The molecule has 156 valence electrons. The van der Waals surface area contributed by atoms with E-state index in [1.807, 2.05) is 79.1 Å². The maximum absolute atomic E-state index is 12.2. The molecule has 2 aromatic carbocycles. The number of benzene rings is 2. The van der Waals surface area contributed by atoms with Gasteiger partial charge in [-0.3, -0.25) is 9.36 Å². The number of hydrogen-bond donors (Lipinski definition) is 1. The van der Waals surface area contributed by atoms with Gasteiger partial charge in [0.05, 0.1) is 12.0 Å². The molecule has 0 saturated carbocycles. The molecular formula is C23H21N5O2S. The van der Waals surface area contributed by atoms with E-state index in [2.05, 4.69) is 20.7 Å². The zero-order valence-corrected chi connectivity index (χ0v) is 18.0. The van der Waals surface area contributed by atoms with Crippen LogP contribution in [0.4, 0.5) is 0 Å². The number of hydrogen-bond acceptors (Lipinski definition) is 6. The van der Waals surface area contributed by atoms with Crippen molar-refractivity contribution >= 4 is 23.9 Å². The Hall–Kier alpha value is -3.65. The van der Waals surface area contributed by atoms with Gasteiger partial charge in [0.15, 0.2) is 11.0 Å². The highest BCUT2D eigenvalue weighted by Crippen LogP contribution is 2.28. The summed E-state index contributed by atoms with van der Waals surface area (Å²) in [7, 11) is 0. The average Bonchev–Trinajstić information content (AvgIpc) is 3.39. The molecule has 0 aliphatic carbocycles. The number of amides is 1. The molecule has 4 aromatic rings. The monoisotopic (exact) mass is 431 g/mol. The van der Waals surface area contributed by atoms with Crippen LogP contribution in [0.25, 0.3) is 17.1 Å². The van der Waals surface area contributed by atoms with E-state index < -0.39 is 0 Å². The predicted molar refractivity (Wildman–Crippen MR) is 121 cm³/mol. The first-order valence-electron chi connectivity index (χ1n) is 9.69. The minimum Gasteiger partial charge on any atom is -0.460 e. The van der Waals surface area contributed by atoms with E-state index in [0.29, 0.717) is 10.9 Å².